The number of hydrogen-bond acceptors (Lipinski definition) is 5. The lowest BCUT2D eigenvalue weighted by molar-refractivity contribution is 0.0697. The molecule has 0 spiro atoms. The van der Waals surface area contributed by atoms with E-state index in [0.29, 0.717) is 14.5 Å². The summed E-state index contributed by atoms with van der Waals surface area (Å²) in [5.74, 6) is -1.00. The van der Waals surface area contributed by atoms with E-state index in [2.05, 4.69) is 5.73 Å². The Hall–Kier alpha value is -3.12. The molecule has 0 bridgehead atoms. The van der Waals surface area contributed by atoms with E-state index >= 15 is 0 Å². The zero-order valence-corrected chi connectivity index (χ0v) is 16.9. The second-order valence-electron chi connectivity index (χ2n) is 6.18. The molecule has 0 amide bonds. The largest absolute Gasteiger partial charge is 0.493 e. The Balaban J connectivity index is 1.88. The molecule has 0 aliphatic heterocycles. The molecule has 142 valence electrons. The number of carboxylic acid groups (broad SMARTS) is 1. The smallest absolute Gasteiger partial charge is 0.335 e. The van der Waals surface area contributed by atoms with Crippen molar-refractivity contribution in [1.82, 2.24) is 4.57 Å². The minimum Gasteiger partial charge on any atom is -0.493 e. The van der Waals surface area contributed by atoms with Gasteiger partial charge in [-0.15, -0.1) is 17.1 Å². The number of hydrogen-bond donors (Lipinski definition) is 2. The van der Waals surface area contributed by atoms with Gasteiger partial charge in [-0.1, -0.05) is 12.1 Å². The number of rotatable bonds is 5. The van der Waals surface area contributed by atoms with E-state index in [1.165, 1.54) is 28.0 Å². The molecule has 1 aromatic heterocycles. The highest BCUT2D eigenvalue weighted by atomic mass is 32.1. The Kier molecular flexibility index (Phi) is 5.80. The van der Waals surface area contributed by atoms with Crippen LogP contribution in [-0.2, 0) is 0 Å². The minimum absolute atomic E-state index is 0.00179. The van der Waals surface area contributed by atoms with Crippen LogP contribution in [0, 0.1) is 3.95 Å². The molecule has 3 rings (SSSR count). The number of aromatic nitrogens is 1. The monoisotopic (exact) mass is 410 g/mol. The van der Waals surface area contributed by atoms with Gasteiger partial charge in [-0.2, -0.15) is 0 Å². The van der Waals surface area contributed by atoms with E-state index in [0.717, 1.165) is 11.3 Å². The van der Waals surface area contributed by atoms with Crippen LogP contribution in [-0.4, -0.2) is 34.8 Å². The molecule has 0 aliphatic carbocycles. The van der Waals surface area contributed by atoms with Gasteiger partial charge in [0.1, 0.15) is 0 Å². The molecule has 0 atom stereocenters. The zero-order chi connectivity index (χ0) is 20.3. The van der Waals surface area contributed by atoms with Gasteiger partial charge in [-0.25, -0.2) is 4.79 Å². The summed E-state index contributed by atoms with van der Waals surface area (Å²) in [6.45, 7) is 0. The lowest BCUT2D eigenvalue weighted by Gasteiger charge is -2.11. The second-order valence-corrected chi connectivity index (χ2v) is 7.86. The number of benzene rings is 2. The molecule has 2 aromatic carbocycles. The Bertz CT molecular complexity index is 1120. The first kappa shape index (κ1) is 19.6. The molecular formula is C21H18N2O3S2. The summed E-state index contributed by atoms with van der Waals surface area (Å²) in [5.41, 5.74) is 5.96. The van der Waals surface area contributed by atoms with Crippen LogP contribution in [0.2, 0.25) is 0 Å². The fourth-order valence-corrected chi connectivity index (χ4v) is 3.78. The highest BCUT2D eigenvalue weighted by Crippen LogP contribution is 2.30. The molecule has 28 heavy (non-hydrogen) atoms. The van der Waals surface area contributed by atoms with Crippen LogP contribution in [0.1, 0.15) is 20.8 Å². The molecule has 0 unspecified atom stereocenters. The van der Waals surface area contributed by atoms with Crippen LogP contribution in [0.3, 0.4) is 0 Å². The summed E-state index contributed by atoms with van der Waals surface area (Å²) in [6, 6.07) is 14.2. The van der Waals surface area contributed by atoms with Gasteiger partial charge in [-0.3, -0.25) is 4.57 Å². The third-order valence-electron chi connectivity index (χ3n) is 4.06. The highest BCUT2D eigenvalue weighted by Gasteiger charge is 2.12. The van der Waals surface area contributed by atoms with Crippen molar-refractivity contribution in [3.05, 3.63) is 74.2 Å². The number of aromatic carboxylic acids is 1. The van der Waals surface area contributed by atoms with Gasteiger partial charge in [0.25, 0.3) is 0 Å². The van der Waals surface area contributed by atoms with Crippen molar-refractivity contribution in [3.63, 3.8) is 0 Å². The zero-order valence-electron chi connectivity index (χ0n) is 15.3. The lowest BCUT2D eigenvalue weighted by atomic mass is 10.2. The number of carboxylic acids is 1. The Morgan fingerprint density at radius 3 is 2.32 bits per heavy atom. The van der Waals surface area contributed by atoms with Crippen molar-refractivity contribution in [2.75, 3.05) is 19.0 Å². The average molecular weight is 411 g/mol. The van der Waals surface area contributed by atoms with Gasteiger partial charge in [0.15, 0.2) is 3.95 Å². The summed E-state index contributed by atoms with van der Waals surface area (Å²) < 4.78 is 1.97. The van der Waals surface area contributed by atoms with E-state index in [1.807, 2.05) is 49.3 Å². The van der Waals surface area contributed by atoms with Gasteiger partial charge in [0.2, 0.25) is 5.88 Å². The number of nitrogens with zero attached hydrogens (tertiary/aromatic N) is 2. The van der Waals surface area contributed by atoms with Gasteiger partial charge in [-0.05, 0) is 60.3 Å². The fourth-order valence-electron chi connectivity index (χ4n) is 2.54. The van der Waals surface area contributed by atoms with Crippen LogP contribution in [0.4, 0.5) is 5.69 Å². The number of aromatic hydroxyl groups is 1. The molecule has 2 N–H and O–H groups in total. The normalized spacial score (nSPS) is 10.2. The molecule has 0 fully saturated rings. The van der Waals surface area contributed by atoms with E-state index in [-0.39, 0.29) is 11.4 Å². The van der Waals surface area contributed by atoms with Gasteiger partial charge >= 0.3 is 5.97 Å². The second kappa shape index (κ2) is 8.27. The molecular weight excluding hydrogens is 392 g/mol. The van der Waals surface area contributed by atoms with Crippen LogP contribution in [0.5, 0.6) is 5.88 Å². The van der Waals surface area contributed by atoms with Gasteiger partial charge in [0, 0.05) is 25.9 Å². The maximum Gasteiger partial charge on any atom is 0.335 e. The van der Waals surface area contributed by atoms with Crippen molar-refractivity contribution in [3.8, 4) is 11.6 Å². The Morgan fingerprint density at radius 2 is 1.75 bits per heavy atom. The number of anilines is 1. The third-order valence-corrected chi connectivity index (χ3v) is 5.37. The van der Waals surface area contributed by atoms with E-state index in [1.54, 1.807) is 18.2 Å². The standard InChI is InChI=1S/C21H18N2O3S2/c1-22(2)16-10-6-14(7-11-16)4-3-5-18-19(24)23(21(27)28-18)17-12-8-15(9-13-17)20(25)26/h4-13,24H,1-2H3,(H,25,26). The molecule has 7 heteroatoms. The molecule has 0 radical (unpaired) electrons. The summed E-state index contributed by atoms with van der Waals surface area (Å²) in [5, 5.41) is 19.5. The molecule has 0 saturated heterocycles. The SMILES string of the molecule is CN(C)c1ccc(C=C=Cc2sc(=S)n(-c3ccc(C(=O)O)cc3)c2O)cc1. The third kappa shape index (κ3) is 4.23. The quantitative estimate of drug-likeness (QED) is 0.454. The molecule has 1 heterocycles. The van der Waals surface area contributed by atoms with Crippen molar-refractivity contribution < 1.29 is 15.0 Å². The van der Waals surface area contributed by atoms with E-state index in [4.69, 9.17) is 17.3 Å². The number of thiazole rings is 1. The molecule has 0 saturated carbocycles. The van der Waals surface area contributed by atoms with Crippen LogP contribution in [0.25, 0.3) is 17.8 Å². The van der Waals surface area contributed by atoms with Crippen molar-refractivity contribution in [1.29, 1.82) is 0 Å². The summed E-state index contributed by atoms with van der Waals surface area (Å²) in [6.07, 6.45) is 3.51. The highest BCUT2D eigenvalue weighted by molar-refractivity contribution is 7.73. The topological polar surface area (TPSA) is 65.7 Å². The van der Waals surface area contributed by atoms with Crippen LogP contribution in [0.15, 0.2) is 54.3 Å². The van der Waals surface area contributed by atoms with Gasteiger partial charge < -0.3 is 15.1 Å². The maximum atomic E-state index is 11.0. The van der Waals surface area contributed by atoms with Crippen LogP contribution < -0.4 is 4.90 Å². The van der Waals surface area contributed by atoms with Crippen LogP contribution >= 0.6 is 23.6 Å². The average Bonchev–Trinajstić information content (AvgIpc) is 2.95. The predicted octanol–water partition coefficient (Wildman–Crippen LogP) is 5.06. The predicted molar refractivity (Wildman–Crippen MR) is 116 cm³/mol. The van der Waals surface area contributed by atoms with Crippen molar-refractivity contribution in [2.45, 2.75) is 0 Å². The first-order valence-electron chi connectivity index (χ1n) is 8.35. The minimum atomic E-state index is -1.00. The van der Waals surface area contributed by atoms with E-state index < -0.39 is 5.97 Å². The van der Waals surface area contributed by atoms with Gasteiger partial charge in [0.05, 0.1) is 16.1 Å². The maximum absolute atomic E-state index is 11.0. The Labute approximate surface area is 171 Å². The van der Waals surface area contributed by atoms with Crippen molar-refractivity contribution in [2.24, 2.45) is 0 Å². The number of carbonyl (C=O) groups is 1. The fraction of sp³-hybridized carbons (Fsp3) is 0.0952. The Morgan fingerprint density at radius 1 is 1.11 bits per heavy atom. The summed E-state index contributed by atoms with van der Waals surface area (Å²) in [7, 11) is 3.97. The molecule has 5 nitrogen and oxygen atoms in total. The summed E-state index contributed by atoms with van der Waals surface area (Å²) >= 11 is 6.61. The van der Waals surface area contributed by atoms with Crippen molar-refractivity contribution >= 4 is 47.4 Å². The molecule has 0 aliphatic rings. The van der Waals surface area contributed by atoms with E-state index in [9.17, 15) is 9.90 Å². The molecule has 3 aromatic rings. The lowest BCUT2D eigenvalue weighted by Crippen LogP contribution is -2.07. The first-order chi connectivity index (χ1) is 13.4. The summed E-state index contributed by atoms with van der Waals surface area (Å²) in [4.78, 5) is 13.6. The first-order valence-corrected chi connectivity index (χ1v) is 9.57.